The third-order valence-corrected chi connectivity index (χ3v) is 7.60. The van der Waals surface area contributed by atoms with Crippen LogP contribution in [0.5, 0.6) is 0 Å². The number of hydrogen-bond donors (Lipinski definition) is 3. The number of nitrogens with one attached hydrogen (secondary N) is 3. The first kappa shape index (κ1) is 24.5. The molecular formula is C28H30F2N8. The van der Waals surface area contributed by atoms with Crippen LogP contribution in [0.4, 0.5) is 26.2 Å². The number of piperidine rings is 1. The van der Waals surface area contributed by atoms with Gasteiger partial charge in [0.25, 0.3) is 0 Å². The van der Waals surface area contributed by atoms with Gasteiger partial charge in [0.2, 0.25) is 5.95 Å². The third kappa shape index (κ3) is 5.00. The lowest BCUT2D eigenvalue weighted by Crippen LogP contribution is -2.45. The van der Waals surface area contributed by atoms with Crippen LogP contribution in [0.15, 0.2) is 42.9 Å². The maximum atomic E-state index is 14.1. The molecule has 10 heteroatoms. The van der Waals surface area contributed by atoms with Gasteiger partial charge in [-0.1, -0.05) is 13.8 Å². The molecule has 0 bridgehead atoms. The number of fused-ring (bicyclic) bond motifs is 1. The monoisotopic (exact) mass is 516 g/mol. The lowest BCUT2D eigenvalue weighted by Gasteiger charge is -2.39. The molecular weight excluding hydrogens is 486 g/mol. The molecule has 4 aromatic rings. The van der Waals surface area contributed by atoms with E-state index in [2.05, 4.69) is 44.7 Å². The van der Waals surface area contributed by atoms with Crippen molar-refractivity contribution in [2.75, 3.05) is 30.3 Å². The molecule has 1 atom stereocenters. The number of anilines is 3. The average Bonchev–Trinajstić information content (AvgIpc) is 3.75. The predicted molar refractivity (Wildman–Crippen MR) is 143 cm³/mol. The Labute approximate surface area is 219 Å². The van der Waals surface area contributed by atoms with Gasteiger partial charge in [0, 0.05) is 36.4 Å². The largest absolute Gasteiger partial charge is 0.369 e. The molecule has 6 rings (SSSR count). The number of halogens is 2. The first-order valence-corrected chi connectivity index (χ1v) is 13.0. The maximum Gasteiger partial charge on any atom is 0.214 e. The van der Waals surface area contributed by atoms with E-state index in [-0.39, 0.29) is 11.2 Å². The van der Waals surface area contributed by atoms with Crippen molar-refractivity contribution in [2.24, 2.45) is 11.3 Å². The predicted octanol–water partition coefficient (Wildman–Crippen LogP) is 5.43. The molecule has 0 amide bonds. The topological polar surface area (TPSA) is 101 Å². The van der Waals surface area contributed by atoms with Crippen molar-refractivity contribution >= 4 is 28.4 Å². The number of nitrogens with zero attached hydrogens (tertiary/aromatic N) is 5. The summed E-state index contributed by atoms with van der Waals surface area (Å²) < 4.78 is 27.7. The van der Waals surface area contributed by atoms with Crippen LogP contribution in [0.1, 0.15) is 44.6 Å². The van der Waals surface area contributed by atoms with Gasteiger partial charge in [0.05, 0.1) is 11.7 Å². The van der Waals surface area contributed by atoms with E-state index in [4.69, 9.17) is 9.97 Å². The average molecular weight is 517 g/mol. The molecule has 0 aromatic carbocycles. The van der Waals surface area contributed by atoms with Crippen molar-refractivity contribution in [1.29, 1.82) is 0 Å². The van der Waals surface area contributed by atoms with Gasteiger partial charge >= 0.3 is 0 Å². The van der Waals surface area contributed by atoms with Gasteiger partial charge in [-0.3, -0.25) is 4.98 Å². The highest BCUT2D eigenvalue weighted by Gasteiger charge is 2.33. The summed E-state index contributed by atoms with van der Waals surface area (Å²) in [5, 5.41) is 11.0. The van der Waals surface area contributed by atoms with Crippen LogP contribution in [0.25, 0.3) is 22.3 Å². The zero-order valence-electron chi connectivity index (χ0n) is 21.4. The van der Waals surface area contributed by atoms with Gasteiger partial charge in [-0.25, -0.2) is 19.3 Å². The molecule has 5 heterocycles. The van der Waals surface area contributed by atoms with Crippen LogP contribution in [-0.2, 0) is 0 Å². The summed E-state index contributed by atoms with van der Waals surface area (Å²) in [5.74, 6) is 0.889. The number of aromatic nitrogens is 5. The fraction of sp³-hybridized carbons (Fsp3) is 0.393. The normalized spacial score (nSPS) is 18.9. The molecule has 3 N–H and O–H groups in total. The molecule has 2 fully saturated rings. The van der Waals surface area contributed by atoms with E-state index < -0.39 is 11.8 Å². The molecule has 196 valence electrons. The molecule has 1 aliphatic carbocycles. The summed E-state index contributed by atoms with van der Waals surface area (Å²) in [7, 11) is 0. The Morgan fingerprint density at radius 3 is 2.71 bits per heavy atom. The standard InChI is InChI=1S/C28H30F2N8/c1-28(2)15-31-9-8-18(28)12-34-27-24-19(16-3-4-16)13-32-14-21(24)35-25(38-27)17-7-10-33-23(11-17)37-26-20(29)5-6-22(30)36-26/h5-7,10-11,13-14,16,18,31H,3-4,8-9,12,15H2,1-2H3,(H,33,36,37)(H,34,35,38). The molecule has 1 saturated heterocycles. The minimum Gasteiger partial charge on any atom is -0.369 e. The summed E-state index contributed by atoms with van der Waals surface area (Å²) >= 11 is 0. The van der Waals surface area contributed by atoms with Crippen LogP contribution in [-0.4, -0.2) is 44.6 Å². The van der Waals surface area contributed by atoms with Crippen molar-refractivity contribution in [2.45, 2.75) is 39.0 Å². The summed E-state index contributed by atoms with van der Waals surface area (Å²) in [5.41, 5.74) is 2.81. The molecule has 0 radical (unpaired) electrons. The van der Waals surface area contributed by atoms with E-state index in [0.717, 1.165) is 67.8 Å². The van der Waals surface area contributed by atoms with Gasteiger partial charge < -0.3 is 16.0 Å². The molecule has 4 aromatic heterocycles. The Balaban J connectivity index is 1.37. The molecule has 2 aliphatic rings. The van der Waals surface area contributed by atoms with Gasteiger partial charge in [-0.05, 0) is 72.9 Å². The SMILES string of the molecule is CC1(C)CNCCC1CNc1nc(-c2ccnc(Nc3nc(F)ccc3F)c2)nc2cncc(C3CC3)c12. The van der Waals surface area contributed by atoms with Crippen molar-refractivity contribution in [3.05, 3.63) is 60.2 Å². The number of rotatable bonds is 7. The fourth-order valence-corrected chi connectivity index (χ4v) is 5.16. The quantitative estimate of drug-likeness (QED) is 0.280. The van der Waals surface area contributed by atoms with Crippen LogP contribution in [0.2, 0.25) is 0 Å². The summed E-state index contributed by atoms with van der Waals surface area (Å²) in [4.78, 5) is 22.1. The second-order valence-corrected chi connectivity index (χ2v) is 10.8. The zero-order valence-corrected chi connectivity index (χ0v) is 21.4. The lowest BCUT2D eigenvalue weighted by atomic mass is 9.74. The number of pyridine rings is 3. The van der Waals surface area contributed by atoms with Crippen molar-refractivity contribution in [3.63, 3.8) is 0 Å². The highest BCUT2D eigenvalue weighted by atomic mass is 19.1. The molecule has 0 spiro atoms. The Morgan fingerprint density at radius 2 is 1.89 bits per heavy atom. The van der Waals surface area contributed by atoms with Crippen molar-refractivity contribution < 1.29 is 8.78 Å². The molecule has 38 heavy (non-hydrogen) atoms. The van der Waals surface area contributed by atoms with E-state index in [1.54, 1.807) is 24.5 Å². The van der Waals surface area contributed by atoms with Gasteiger partial charge in [0.15, 0.2) is 17.5 Å². The van der Waals surface area contributed by atoms with E-state index in [9.17, 15) is 8.78 Å². The van der Waals surface area contributed by atoms with Gasteiger partial charge in [-0.2, -0.15) is 9.37 Å². The van der Waals surface area contributed by atoms with E-state index >= 15 is 0 Å². The molecule has 1 aliphatic heterocycles. The second kappa shape index (κ2) is 9.83. The highest BCUT2D eigenvalue weighted by Crippen LogP contribution is 2.44. The van der Waals surface area contributed by atoms with Crippen LogP contribution in [0, 0.1) is 23.1 Å². The smallest absolute Gasteiger partial charge is 0.214 e. The van der Waals surface area contributed by atoms with Crippen LogP contribution >= 0.6 is 0 Å². The van der Waals surface area contributed by atoms with Crippen molar-refractivity contribution in [3.8, 4) is 11.4 Å². The molecule has 1 saturated carbocycles. The minimum atomic E-state index is -0.783. The lowest BCUT2D eigenvalue weighted by molar-refractivity contribution is 0.166. The van der Waals surface area contributed by atoms with E-state index in [1.165, 1.54) is 5.56 Å². The van der Waals surface area contributed by atoms with Crippen LogP contribution in [0.3, 0.4) is 0 Å². The van der Waals surface area contributed by atoms with Crippen LogP contribution < -0.4 is 16.0 Å². The molecule has 1 unspecified atom stereocenters. The van der Waals surface area contributed by atoms with Gasteiger partial charge in [0.1, 0.15) is 11.6 Å². The summed E-state index contributed by atoms with van der Waals surface area (Å²) in [6.07, 6.45) is 8.68. The minimum absolute atomic E-state index is 0.170. The zero-order chi connectivity index (χ0) is 26.3. The first-order valence-electron chi connectivity index (χ1n) is 13.0. The maximum absolute atomic E-state index is 14.1. The molecule has 8 nitrogen and oxygen atoms in total. The van der Waals surface area contributed by atoms with E-state index in [0.29, 0.717) is 29.0 Å². The number of hydrogen-bond acceptors (Lipinski definition) is 8. The summed E-state index contributed by atoms with van der Waals surface area (Å²) in [6.45, 7) is 7.41. The first-order chi connectivity index (χ1) is 18.4. The Bertz CT molecular complexity index is 1490. The highest BCUT2D eigenvalue weighted by molar-refractivity contribution is 5.93. The Hall–Kier alpha value is -3.79. The summed E-state index contributed by atoms with van der Waals surface area (Å²) in [6, 6.07) is 5.48. The van der Waals surface area contributed by atoms with E-state index in [1.807, 2.05) is 6.20 Å². The van der Waals surface area contributed by atoms with Gasteiger partial charge in [-0.15, -0.1) is 0 Å². The third-order valence-electron chi connectivity index (χ3n) is 7.60. The Kier molecular flexibility index (Phi) is 6.35. The van der Waals surface area contributed by atoms with Crippen molar-refractivity contribution in [1.82, 2.24) is 30.2 Å². The Morgan fingerprint density at radius 1 is 1.03 bits per heavy atom. The fourth-order valence-electron chi connectivity index (χ4n) is 5.16. The second-order valence-electron chi connectivity index (χ2n) is 10.8.